The van der Waals surface area contributed by atoms with Crippen molar-refractivity contribution in [3.8, 4) is 0 Å². The molecular formula is C13H21NO2S. The number of aryl methyl sites for hydroxylation is 1. The van der Waals surface area contributed by atoms with Crippen molar-refractivity contribution in [3.63, 3.8) is 0 Å². The third-order valence-corrected chi connectivity index (χ3v) is 3.34. The number of nitrogens with one attached hydrogen (secondary N) is 1. The van der Waals surface area contributed by atoms with Crippen LogP contribution in [0.2, 0.25) is 0 Å². The van der Waals surface area contributed by atoms with Crippen LogP contribution in [-0.2, 0) is 9.53 Å². The predicted octanol–water partition coefficient (Wildman–Crippen LogP) is 3.05. The van der Waals surface area contributed by atoms with Gasteiger partial charge in [0.25, 0.3) is 0 Å². The average Bonchev–Trinajstić information content (AvgIpc) is 2.58. The van der Waals surface area contributed by atoms with Crippen LogP contribution in [0.25, 0.3) is 0 Å². The monoisotopic (exact) mass is 255 g/mol. The first-order chi connectivity index (χ1) is 7.78. The van der Waals surface area contributed by atoms with E-state index in [1.165, 1.54) is 9.75 Å². The zero-order valence-corrected chi connectivity index (χ0v) is 12.0. The van der Waals surface area contributed by atoms with E-state index in [0.29, 0.717) is 0 Å². The van der Waals surface area contributed by atoms with Gasteiger partial charge >= 0.3 is 5.97 Å². The third-order valence-electron chi connectivity index (χ3n) is 2.16. The molecule has 0 aromatic carbocycles. The van der Waals surface area contributed by atoms with E-state index in [1.54, 1.807) is 11.3 Å². The van der Waals surface area contributed by atoms with Crippen LogP contribution < -0.4 is 5.32 Å². The molecule has 0 saturated heterocycles. The molecule has 0 spiro atoms. The van der Waals surface area contributed by atoms with Gasteiger partial charge in [-0.2, -0.15) is 0 Å². The van der Waals surface area contributed by atoms with E-state index in [2.05, 4.69) is 31.3 Å². The Kier molecular flexibility index (Phi) is 4.71. The maximum absolute atomic E-state index is 11.5. The summed E-state index contributed by atoms with van der Waals surface area (Å²) in [5.41, 5.74) is -0.415. The smallest absolute Gasteiger partial charge is 0.320 e. The van der Waals surface area contributed by atoms with Crippen molar-refractivity contribution in [2.24, 2.45) is 0 Å². The second-order valence-corrected chi connectivity index (χ2v) is 6.46. The summed E-state index contributed by atoms with van der Waals surface area (Å²) in [7, 11) is 0. The number of hydrogen-bond acceptors (Lipinski definition) is 4. The van der Waals surface area contributed by atoms with Crippen LogP contribution in [0, 0.1) is 6.92 Å². The predicted molar refractivity (Wildman–Crippen MR) is 71.3 cm³/mol. The summed E-state index contributed by atoms with van der Waals surface area (Å²) in [6, 6.07) is 4.36. The van der Waals surface area contributed by atoms with E-state index < -0.39 is 5.60 Å². The normalized spacial score (nSPS) is 13.5. The van der Waals surface area contributed by atoms with Crippen LogP contribution in [0.1, 0.15) is 43.5 Å². The molecule has 0 aliphatic heterocycles. The van der Waals surface area contributed by atoms with Gasteiger partial charge in [-0.1, -0.05) is 0 Å². The summed E-state index contributed by atoms with van der Waals surface area (Å²) >= 11 is 1.75. The number of ether oxygens (including phenoxy) is 1. The topological polar surface area (TPSA) is 38.3 Å². The van der Waals surface area contributed by atoms with Gasteiger partial charge in [-0.15, -0.1) is 11.3 Å². The first-order valence-electron chi connectivity index (χ1n) is 5.79. The Bertz CT molecular complexity index is 379. The Morgan fingerprint density at radius 2 is 2.12 bits per heavy atom. The van der Waals surface area contributed by atoms with Gasteiger partial charge in [0, 0.05) is 15.8 Å². The van der Waals surface area contributed by atoms with Crippen LogP contribution in [0.15, 0.2) is 12.1 Å². The van der Waals surface area contributed by atoms with Crippen molar-refractivity contribution in [2.45, 2.75) is 46.3 Å². The number of rotatable bonds is 4. The summed E-state index contributed by atoms with van der Waals surface area (Å²) in [5.74, 6) is -0.211. The molecule has 0 fully saturated rings. The van der Waals surface area contributed by atoms with E-state index in [0.717, 1.165) is 0 Å². The van der Waals surface area contributed by atoms with Gasteiger partial charge in [-0.3, -0.25) is 10.1 Å². The number of hydrogen-bond donors (Lipinski definition) is 1. The second-order valence-electron chi connectivity index (χ2n) is 5.14. The van der Waals surface area contributed by atoms with Crippen LogP contribution in [0.4, 0.5) is 0 Å². The fourth-order valence-electron chi connectivity index (χ4n) is 1.40. The Labute approximate surface area is 107 Å². The zero-order chi connectivity index (χ0) is 13.1. The molecule has 0 aliphatic rings. The van der Waals surface area contributed by atoms with Gasteiger partial charge in [0.15, 0.2) is 0 Å². The van der Waals surface area contributed by atoms with Crippen molar-refractivity contribution in [1.29, 1.82) is 0 Å². The van der Waals surface area contributed by atoms with Gasteiger partial charge in [-0.25, -0.2) is 0 Å². The molecule has 0 saturated carbocycles. The van der Waals surface area contributed by atoms with Crippen molar-refractivity contribution < 1.29 is 9.53 Å². The van der Waals surface area contributed by atoms with E-state index >= 15 is 0 Å². The van der Waals surface area contributed by atoms with Crippen LogP contribution in [-0.4, -0.2) is 18.1 Å². The Hall–Kier alpha value is -0.870. The molecule has 1 heterocycles. The van der Waals surface area contributed by atoms with E-state index in [-0.39, 0.29) is 18.6 Å². The van der Waals surface area contributed by atoms with Crippen molar-refractivity contribution in [1.82, 2.24) is 5.32 Å². The molecule has 0 amide bonds. The van der Waals surface area contributed by atoms with Crippen molar-refractivity contribution in [2.75, 3.05) is 6.54 Å². The lowest BCUT2D eigenvalue weighted by Gasteiger charge is -2.20. The first-order valence-corrected chi connectivity index (χ1v) is 6.61. The highest BCUT2D eigenvalue weighted by Gasteiger charge is 2.17. The minimum Gasteiger partial charge on any atom is -0.459 e. The maximum Gasteiger partial charge on any atom is 0.320 e. The number of esters is 1. The number of carbonyl (C=O) groups excluding carboxylic acids is 1. The second kappa shape index (κ2) is 5.65. The van der Waals surface area contributed by atoms with Gasteiger partial charge in [0.05, 0.1) is 6.54 Å². The van der Waals surface area contributed by atoms with E-state index in [9.17, 15) is 4.79 Å². The largest absolute Gasteiger partial charge is 0.459 e. The Morgan fingerprint density at radius 3 is 2.59 bits per heavy atom. The molecule has 1 atom stereocenters. The molecule has 1 unspecified atom stereocenters. The minimum atomic E-state index is -0.415. The quantitative estimate of drug-likeness (QED) is 0.840. The molecule has 0 bridgehead atoms. The lowest BCUT2D eigenvalue weighted by Crippen LogP contribution is -2.32. The fraction of sp³-hybridized carbons (Fsp3) is 0.615. The Morgan fingerprint density at radius 1 is 1.47 bits per heavy atom. The first kappa shape index (κ1) is 14.2. The molecule has 96 valence electrons. The number of thiophene rings is 1. The molecule has 17 heavy (non-hydrogen) atoms. The van der Waals surface area contributed by atoms with Crippen molar-refractivity contribution >= 4 is 17.3 Å². The lowest BCUT2D eigenvalue weighted by atomic mass is 10.2. The molecule has 1 aromatic heterocycles. The highest BCUT2D eigenvalue weighted by molar-refractivity contribution is 7.12. The highest BCUT2D eigenvalue weighted by Crippen LogP contribution is 2.22. The molecule has 0 aliphatic carbocycles. The maximum atomic E-state index is 11.5. The van der Waals surface area contributed by atoms with Gasteiger partial charge < -0.3 is 4.74 Å². The standard InChI is InChI=1S/C13H21NO2S/c1-9-6-7-11(17-9)10(2)14-8-12(15)16-13(3,4)5/h6-7,10,14H,8H2,1-5H3. The summed E-state index contributed by atoms with van der Waals surface area (Å²) < 4.78 is 5.23. The van der Waals surface area contributed by atoms with Gasteiger partial charge in [0.1, 0.15) is 5.60 Å². The molecule has 1 rings (SSSR count). The van der Waals surface area contributed by atoms with Gasteiger partial charge in [-0.05, 0) is 46.8 Å². The van der Waals surface area contributed by atoms with Crippen molar-refractivity contribution in [3.05, 3.63) is 21.9 Å². The van der Waals surface area contributed by atoms with E-state index in [4.69, 9.17) is 4.74 Å². The van der Waals surface area contributed by atoms with E-state index in [1.807, 2.05) is 20.8 Å². The summed E-state index contributed by atoms with van der Waals surface area (Å²) in [4.78, 5) is 14.0. The van der Waals surface area contributed by atoms with Crippen LogP contribution >= 0.6 is 11.3 Å². The molecule has 1 aromatic rings. The third kappa shape index (κ3) is 5.33. The highest BCUT2D eigenvalue weighted by atomic mass is 32.1. The van der Waals surface area contributed by atoms with Crippen LogP contribution in [0.3, 0.4) is 0 Å². The van der Waals surface area contributed by atoms with Crippen LogP contribution in [0.5, 0.6) is 0 Å². The Balaban J connectivity index is 2.38. The summed E-state index contributed by atoms with van der Waals surface area (Å²) in [6.07, 6.45) is 0. The average molecular weight is 255 g/mol. The minimum absolute atomic E-state index is 0.182. The lowest BCUT2D eigenvalue weighted by molar-refractivity contribution is -0.153. The molecular weight excluding hydrogens is 234 g/mol. The summed E-state index contributed by atoms with van der Waals surface area (Å²) in [5, 5.41) is 3.17. The zero-order valence-electron chi connectivity index (χ0n) is 11.2. The number of carbonyl (C=O) groups is 1. The molecule has 4 heteroatoms. The molecule has 0 radical (unpaired) electrons. The van der Waals surface area contributed by atoms with Gasteiger partial charge in [0.2, 0.25) is 0 Å². The fourth-order valence-corrected chi connectivity index (χ4v) is 2.30. The summed E-state index contributed by atoms with van der Waals surface area (Å²) in [6.45, 7) is 9.99. The SMILES string of the molecule is Cc1ccc(C(C)NCC(=O)OC(C)(C)C)s1. The molecule has 1 N–H and O–H groups in total. The molecule has 3 nitrogen and oxygen atoms in total.